The molecule has 0 heterocycles. The number of allylic oxidation sites excluding steroid dienone is 1. The van der Waals surface area contributed by atoms with Gasteiger partial charge in [0, 0.05) is 6.42 Å². The van der Waals surface area contributed by atoms with Crippen molar-refractivity contribution >= 4 is 0 Å². The highest BCUT2D eigenvalue weighted by Crippen LogP contribution is 1.97. The Morgan fingerprint density at radius 2 is 2.14 bits per heavy atom. The van der Waals surface area contributed by atoms with Crippen LogP contribution in [0.5, 0.6) is 0 Å². The van der Waals surface area contributed by atoms with Crippen molar-refractivity contribution in [3.05, 3.63) is 12.3 Å². The molecule has 0 saturated carbocycles. The van der Waals surface area contributed by atoms with Crippen molar-refractivity contribution in [1.82, 2.24) is 0 Å². The molecule has 0 rings (SSSR count). The first-order valence-corrected chi connectivity index (χ1v) is 1.84. The van der Waals surface area contributed by atoms with E-state index in [0.29, 0.717) is 6.26 Å². The molecule has 0 aromatic heterocycles. The summed E-state index contributed by atoms with van der Waals surface area (Å²) in [6.45, 7) is 0. The fourth-order valence-electron chi connectivity index (χ4n) is 0.164. The Hall–Kier alpha value is -0.600. The predicted octanol–water partition coefficient (Wildman–Crippen LogP) is 1.71. The predicted molar refractivity (Wildman–Crippen MR) is 22.4 cm³/mol. The maximum Gasteiger partial charge on any atom is 0.242 e. The normalized spacial score (nSPS) is 11.3. The van der Waals surface area contributed by atoms with E-state index in [-0.39, 0.29) is 6.42 Å². The SMILES string of the molecule is OC=CCC(F)F. The number of rotatable bonds is 2. The molecule has 42 valence electrons. The maximum atomic E-state index is 11.1. The summed E-state index contributed by atoms with van der Waals surface area (Å²) in [7, 11) is 0. The van der Waals surface area contributed by atoms with Crippen LogP contribution >= 0.6 is 0 Å². The second-order valence-electron chi connectivity index (χ2n) is 1.01. The van der Waals surface area contributed by atoms with Gasteiger partial charge in [-0.15, -0.1) is 0 Å². The zero-order chi connectivity index (χ0) is 5.70. The van der Waals surface area contributed by atoms with E-state index in [9.17, 15) is 8.78 Å². The van der Waals surface area contributed by atoms with Crippen molar-refractivity contribution < 1.29 is 13.9 Å². The molecule has 0 spiro atoms. The molecule has 0 aliphatic carbocycles. The molecule has 0 saturated heterocycles. The van der Waals surface area contributed by atoms with Crippen LogP contribution in [-0.2, 0) is 0 Å². The molecule has 0 aromatic rings. The lowest BCUT2D eigenvalue weighted by Crippen LogP contribution is -1.83. The topological polar surface area (TPSA) is 20.2 Å². The highest BCUT2D eigenvalue weighted by Gasteiger charge is 1.94. The summed E-state index contributed by atoms with van der Waals surface area (Å²) in [6, 6.07) is 0. The van der Waals surface area contributed by atoms with Crippen LogP contribution in [0.4, 0.5) is 8.78 Å². The molecule has 0 atom stereocenters. The van der Waals surface area contributed by atoms with E-state index in [1.807, 2.05) is 0 Å². The van der Waals surface area contributed by atoms with Crippen molar-refractivity contribution in [2.24, 2.45) is 0 Å². The summed E-state index contributed by atoms with van der Waals surface area (Å²) in [4.78, 5) is 0. The van der Waals surface area contributed by atoms with Crippen molar-refractivity contribution in [1.29, 1.82) is 0 Å². The van der Waals surface area contributed by atoms with Crippen molar-refractivity contribution in [3.8, 4) is 0 Å². The molecule has 7 heavy (non-hydrogen) atoms. The lowest BCUT2D eigenvalue weighted by molar-refractivity contribution is 0.151. The van der Waals surface area contributed by atoms with Gasteiger partial charge in [-0.25, -0.2) is 8.78 Å². The van der Waals surface area contributed by atoms with E-state index in [0.717, 1.165) is 6.08 Å². The molecule has 0 aliphatic rings. The first kappa shape index (κ1) is 6.40. The second kappa shape index (κ2) is 3.59. The van der Waals surface area contributed by atoms with Crippen LogP contribution in [-0.4, -0.2) is 11.5 Å². The first-order chi connectivity index (χ1) is 3.27. The number of aliphatic hydroxyl groups is 1. The van der Waals surface area contributed by atoms with Gasteiger partial charge in [0.05, 0.1) is 6.26 Å². The number of alkyl halides is 2. The second-order valence-corrected chi connectivity index (χ2v) is 1.01. The molecule has 1 N–H and O–H groups in total. The molecule has 0 aromatic carbocycles. The van der Waals surface area contributed by atoms with Crippen molar-refractivity contribution in [3.63, 3.8) is 0 Å². The average Bonchev–Trinajstić information content (AvgIpc) is 1.61. The number of hydrogen-bond donors (Lipinski definition) is 1. The van der Waals surface area contributed by atoms with E-state index < -0.39 is 6.43 Å². The maximum absolute atomic E-state index is 11.1. The van der Waals surface area contributed by atoms with E-state index >= 15 is 0 Å². The summed E-state index contributed by atoms with van der Waals surface area (Å²) >= 11 is 0. The van der Waals surface area contributed by atoms with Gasteiger partial charge in [-0.1, -0.05) is 0 Å². The quantitative estimate of drug-likeness (QED) is 0.534. The molecular weight excluding hydrogens is 102 g/mol. The Balaban J connectivity index is 2.97. The number of aliphatic hydroxyl groups excluding tert-OH is 1. The van der Waals surface area contributed by atoms with E-state index in [2.05, 4.69) is 0 Å². The number of hydrogen-bond acceptors (Lipinski definition) is 1. The standard InChI is InChI=1S/C4H6F2O/c5-4(6)2-1-3-7/h1,3-4,7H,2H2. The molecule has 0 bridgehead atoms. The van der Waals surface area contributed by atoms with Gasteiger partial charge in [-0.3, -0.25) is 0 Å². The van der Waals surface area contributed by atoms with Crippen LogP contribution in [0.2, 0.25) is 0 Å². The van der Waals surface area contributed by atoms with Gasteiger partial charge in [-0.2, -0.15) is 0 Å². The van der Waals surface area contributed by atoms with Gasteiger partial charge in [0.25, 0.3) is 0 Å². The minimum Gasteiger partial charge on any atom is -0.516 e. The highest BCUT2D eigenvalue weighted by molar-refractivity contribution is 4.71. The molecule has 0 aliphatic heterocycles. The van der Waals surface area contributed by atoms with Crippen LogP contribution < -0.4 is 0 Å². The third-order valence-corrected chi connectivity index (χ3v) is 0.420. The summed E-state index contributed by atoms with van der Waals surface area (Å²) in [5.41, 5.74) is 0. The minimum absolute atomic E-state index is 0.365. The molecule has 0 unspecified atom stereocenters. The molecule has 1 nitrogen and oxygen atoms in total. The van der Waals surface area contributed by atoms with E-state index in [1.54, 1.807) is 0 Å². The zero-order valence-corrected chi connectivity index (χ0v) is 3.64. The fourth-order valence-corrected chi connectivity index (χ4v) is 0.164. The average molecular weight is 108 g/mol. The Bertz CT molecular complexity index is 60.7. The zero-order valence-electron chi connectivity index (χ0n) is 3.64. The highest BCUT2D eigenvalue weighted by atomic mass is 19.3. The van der Waals surface area contributed by atoms with Gasteiger partial charge in [0.15, 0.2) is 0 Å². The molecular formula is C4H6F2O. The Labute approximate surface area is 40.3 Å². The lowest BCUT2D eigenvalue weighted by Gasteiger charge is -1.85. The minimum atomic E-state index is -2.34. The lowest BCUT2D eigenvalue weighted by atomic mass is 10.4. The number of halogens is 2. The van der Waals surface area contributed by atoms with Gasteiger partial charge in [-0.05, 0) is 6.08 Å². The Morgan fingerprint density at radius 3 is 2.29 bits per heavy atom. The van der Waals surface area contributed by atoms with Crippen LogP contribution in [0.3, 0.4) is 0 Å². The summed E-state index contributed by atoms with van der Waals surface area (Å²) in [5, 5.41) is 7.80. The fraction of sp³-hybridized carbons (Fsp3) is 0.500. The summed E-state index contributed by atoms with van der Waals surface area (Å²) in [5.74, 6) is 0. The molecule has 0 radical (unpaired) electrons. The van der Waals surface area contributed by atoms with Gasteiger partial charge < -0.3 is 5.11 Å². The summed E-state index contributed by atoms with van der Waals surface area (Å²) < 4.78 is 22.1. The first-order valence-electron chi connectivity index (χ1n) is 1.84. The molecule has 0 amide bonds. The van der Waals surface area contributed by atoms with Crippen LogP contribution in [0, 0.1) is 0 Å². The largest absolute Gasteiger partial charge is 0.516 e. The van der Waals surface area contributed by atoms with Crippen LogP contribution in [0.1, 0.15) is 6.42 Å². The van der Waals surface area contributed by atoms with Crippen molar-refractivity contribution in [2.45, 2.75) is 12.8 Å². The van der Waals surface area contributed by atoms with Crippen LogP contribution in [0.25, 0.3) is 0 Å². The monoisotopic (exact) mass is 108 g/mol. The smallest absolute Gasteiger partial charge is 0.242 e. The van der Waals surface area contributed by atoms with Crippen LogP contribution in [0.15, 0.2) is 12.3 Å². The molecule has 3 heteroatoms. The van der Waals surface area contributed by atoms with E-state index in [4.69, 9.17) is 5.11 Å². The Kier molecular flexibility index (Phi) is 3.28. The van der Waals surface area contributed by atoms with Gasteiger partial charge in [0.2, 0.25) is 6.43 Å². The summed E-state index contributed by atoms with van der Waals surface area (Å²) in [6.07, 6.45) is -1.09. The molecule has 0 fully saturated rings. The third-order valence-electron chi connectivity index (χ3n) is 0.420. The van der Waals surface area contributed by atoms with Gasteiger partial charge in [0.1, 0.15) is 0 Å². The third kappa shape index (κ3) is 5.40. The van der Waals surface area contributed by atoms with Crippen molar-refractivity contribution in [2.75, 3.05) is 0 Å². The Morgan fingerprint density at radius 1 is 1.57 bits per heavy atom. The van der Waals surface area contributed by atoms with E-state index in [1.165, 1.54) is 0 Å². The van der Waals surface area contributed by atoms with Gasteiger partial charge >= 0.3 is 0 Å².